The lowest BCUT2D eigenvalue weighted by Crippen LogP contribution is -2.66. The van der Waals surface area contributed by atoms with Gasteiger partial charge in [-0.05, 0) is 5.56 Å². The average molecular weight is 291 g/mol. The molecule has 2 heterocycles. The van der Waals surface area contributed by atoms with Gasteiger partial charge in [0, 0.05) is 12.5 Å². The molecule has 2 saturated heterocycles. The number of rotatable bonds is 4. The Kier molecular flexibility index (Phi) is 4.37. The highest BCUT2D eigenvalue weighted by molar-refractivity contribution is 5.15. The number of aliphatic hydroxyl groups excluding tert-OH is 2. The first-order valence-electron chi connectivity index (χ1n) is 7.25. The summed E-state index contributed by atoms with van der Waals surface area (Å²) in [6.45, 7) is 4.51. The molecule has 21 heavy (non-hydrogen) atoms. The molecule has 114 valence electrons. The topological polar surface area (TPSA) is 62.2 Å². The van der Waals surface area contributed by atoms with Crippen LogP contribution in [0.15, 0.2) is 43.0 Å². The summed E-state index contributed by atoms with van der Waals surface area (Å²) in [7, 11) is 0. The quantitative estimate of drug-likeness (QED) is 0.801. The highest BCUT2D eigenvalue weighted by Gasteiger charge is 2.50. The molecular formula is C16H21NO4. The van der Waals surface area contributed by atoms with Crippen molar-refractivity contribution in [3.05, 3.63) is 48.6 Å². The number of aliphatic hydroxyl groups is 2. The molecule has 2 bridgehead atoms. The minimum atomic E-state index is -0.601. The van der Waals surface area contributed by atoms with Gasteiger partial charge in [-0.25, -0.2) is 0 Å². The van der Waals surface area contributed by atoms with Crippen LogP contribution in [-0.2, 0) is 16.1 Å². The molecule has 0 saturated carbocycles. The Morgan fingerprint density at radius 3 is 2.76 bits per heavy atom. The molecule has 0 aromatic heterocycles. The van der Waals surface area contributed by atoms with Gasteiger partial charge in [-0.3, -0.25) is 4.84 Å². The molecule has 0 aliphatic carbocycles. The van der Waals surface area contributed by atoms with Crippen LogP contribution >= 0.6 is 0 Å². The van der Waals surface area contributed by atoms with E-state index in [4.69, 9.17) is 9.57 Å². The van der Waals surface area contributed by atoms with Crippen molar-refractivity contribution in [1.82, 2.24) is 5.06 Å². The number of nitrogens with zero attached hydrogens (tertiary/aromatic N) is 1. The van der Waals surface area contributed by atoms with Crippen LogP contribution in [0.2, 0.25) is 0 Å². The van der Waals surface area contributed by atoms with Gasteiger partial charge in [0.15, 0.2) is 0 Å². The van der Waals surface area contributed by atoms with E-state index in [1.54, 1.807) is 11.1 Å². The van der Waals surface area contributed by atoms with Crippen LogP contribution in [0.25, 0.3) is 0 Å². The fourth-order valence-corrected chi connectivity index (χ4v) is 3.16. The normalized spacial score (nSPS) is 36.4. The maximum atomic E-state index is 10.6. The molecule has 1 aromatic rings. The van der Waals surface area contributed by atoms with Crippen molar-refractivity contribution in [3.8, 4) is 0 Å². The molecule has 5 atom stereocenters. The molecule has 2 aliphatic rings. The van der Waals surface area contributed by atoms with E-state index in [1.165, 1.54) is 0 Å². The van der Waals surface area contributed by atoms with Crippen LogP contribution in [-0.4, -0.2) is 52.8 Å². The smallest absolute Gasteiger partial charge is 0.102 e. The monoisotopic (exact) mass is 291 g/mol. The second-order valence-corrected chi connectivity index (χ2v) is 5.56. The third-order valence-corrected chi connectivity index (χ3v) is 4.28. The molecule has 0 spiro atoms. The van der Waals surface area contributed by atoms with Gasteiger partial charge in [0.25, 0.3) is 0 Å². The Balaban J connectivity index is 1.80. The van der Waals surface area contributed by atoms with E-state index in [-0.39, 0.29) is 24.7 Å². The minimum Gasteiger partial charge on any atom is -0.394 e. The average Bonchev–Trinajstić information content (AvgIpc) is 2.51. The minimum absolute atomic E-state index is 0.137. The largest absolute Gasteiger partial charge is 0.394 e. The van der Waals surface area contributed by atoms with Crippen LogP contribution in [0.4, 0.5) is 0 Å². The predicted octanol–water partition coefficient (Wildman–Crippen LogP) is 0.725. The van der Waals surface area contributed by atoms with E-state index in [1.807, 2.05) is 30.3 Å². The van der Waals surface area contributed by atoms with Crippen molar-refractivity contribution in [2.75, 3.05) is 13.2 Å². The first kappa shape index (κ1) is 14.7. The maximum absolute atomic E-state index is 10.6. The van der Waals surface area contributed by atoms with E-state index < -0.39 is 12.2 Å². The summed E-state index contributed by atoms with van der Waals surface area (Å²) in [5.41, 5.74) is 1.09. The fraction of sp³-hybridized carbons (Fsp3) is 0.500. The van der Waals surface area contributed by atoms with Crippen LogP contribution in [0, 0.1) is 5.92 Å². The molecule has 0 unspecified atom stereocenters. The van der Waals surface area contributed by atoms with Gasteiger partial charge in [0.05, 0.1) is 31.5 Å². The van der Waals surface area contributed by atoms with Crippen LogP contribution in [0.1, 0.15) is 5.56 Å². The Bertz CT molecular complexity index is 478. The number of hydrogen-bond acceptors (Lipinski definition) is 5. The highest BCUT2D eigenvalue weighted by Crippen LogP contribution is 2.35. The SMILES string of the molecule is C=C[C@@H]1O[C@H](CO)[C@H]2[C@H](O)[C@@H]1CON2Cc1ccccc1. The van der Waals surface area contributed by atoms with Gasteiger partial charge in [-0.15, -0.1) is 6.58 Å². The van der Waals surface area contributed by atoms with Crippen LogP contribution in [0.3, 0.4) is 0 Å². The molecule has 2 aliphatic heterocycles. The van der Waals surface area contributed by atoms with Gasteiger partial charge in [-0.1, -0.05) is 36.4 Å². The van der Waals surface area contributed by atoms with Gasteiger partial charge >= 0.3 is 0 Å². The standard InChI is InChI=1S/C16H21NO4/c1-2-13-12-10-20-17(8-11-6-4-3-5-7-11)15(16(12)19)14(9-18)21-13/h2-7,12-16,18-19H,1,8-10H2/t12-,13+,14-,15+,16-/m1/s1. The molecule has 5 heteroatoms. The predicted molar refractivity (Wildman–Crippen MR) is 77.2 cm³/mol. The first-order valence-corrected chi connectivity index (χ1v) is 7.25. The first-order chi connectivity index (χ1) is 10.2. The number of hydroxylamine groups is 2. The second kappa shape index (κ2) is 6.25. The summed E-state index contributed by atoms with van der Waals surface area (Å²) >= 11 is 0. The summed E-state index contributed by atoms with van der Waals surface area (Å²) in [4.78, 5) is 5.82. The fourth-order valence-electron chi connectivity index (χ4n) is 3.16. The third-order valence-electron chi connectivity index (χ3n) is 4.28. The van der Waals surface area contributed by atoms with Crippen molar-refractivity contribution < 1.29 is 19.8 Å². The number of hydrogen-bond donors (Lipinski definition) is 2. The van der Waals surface area contributed by atoms with Gasteiger partial charge < -0.3 is 14.9 Å². The number of benzene rings is 1. The van der Waals surface area contributed by atoms with Crippen molar-refractivity contribution in [1.29, 1.82) is 0 Å². The number of ether oxygens (including phenoxy) is 1. The second-order valence-electron chi connectivity index (χ2n) is 5.56. The molecule has 0 amide bonds. The molecule has 3 rings (SSSR count). The summed E-state index contributed by atoms with van der Waals surface area (Å²) in [5.74, 6) is -0.137. The zero-order valence-electron chi connectivity index (χ0n) is 11.8. The van der Waals surface area contributed by atoms with Crippen LogP contribution in [0.5, 0.6) is 0 Å². The zero-order valence-corrected chi connectivity index (χ0v) is 11.8. The Morgan fingerprint density at radius 2 is 2.10 bits per heavy atom. The third kappa shape index (κ3) is 2.75. The summed E-state index contributed by atoms with van der Waals surface area (Å²) in [5, 5.41) is 21.9. The van der Waals surface area contributed by atoms with Gasteiger partial charge in [-0.2, -0.15) is 5.06 Å². The van der Waals surface area contributed by atoms with Gasteiger partial charge in [0.1, 0.15) is 6.10 Å². The van der Waals surface area contributed by atoms with E-state index in [0.29, 0.717) is 13.2 Å². The maximum Gasteiger partial charge on any atom is 0.102 e. The van der Waals surface area contributed by atoms with E-state index in [9.17, 15) is 10.2 Å². The lowest BCUT2D eigenvalue weighted by molar-refractivity contribution is -0.327. The molecule has 5 nitrogen and oxygen atoms in total. The van der Waals surface area contributed by atoms with Crippen molar-refractivity contribution in [2.45, 2.75) is 30.9 Å². The highest BCUT2D eigenvalue weighted by atomic mass is 16.7. The van der Waals surface area contributed by atoms with Gasteiger partial charge in [0.2, 0.25) is 0 Å². The molecule has 2 N–H and O–H groups in total. The van der Waals surface area contributed by atoms with E-state index in [2.05, 4.69) is 6.58 Å². The summed E-state index contributed by atoms with van der Waals surface area (Å²) < 4.78 is 5.84. The van der Waals surface area contributed by atoms with Crippen molar-refractivity contribution >= 4 is 0 Å². The Morgan fingerprint density at radius 1 is 1.33 bits per heavy atom. The molecule has 0 radical (unpaired) electrons. The summed E-state index contributed by atoms with van der Waals surface area (Å²) in [6.07, 6.45) is 0.301. The Hall–Kier alpha value is -1.24. The zero-order chi connectivity index (χ0) is 14.8. The van der Waals surface area contributed by atoms with Crippen molar-refractivity contribution in [2.24, 2.45) is 5.92 Å². The van der Waals surface area contributed by atoms with E-state index >= 15 is 0 Å². The lowest BCUT2D eigenvalue weighted by atomic mass is 9.84. The molecule has 2 fully saturated rings. The molecular weight excluding hydrogens is 270 g/mol. The van der Waals surface area contributed by atoms with E-state index in [0.717, 1.165) is 5.56 Å². The number of fused-ring (bicyclic) bond motifs is 2. The molecule has 1 aromatic carbocycles. The van der Waals surface area contributed by atoms with Crippen LogP contribution < -0.4 is 0 Å². The summed E-state index contributed by atoms with van der Waals surface area (Å²) in [6, 6.07) is 9.53. The lowest BCUT2D eigenvalue weighted by Gasteiger charge is -2.51. The Labute approximate surface area is 124 Å². The van der Waals surface area contributed by atoms with Crippen molar-refractivity contribution in [3.63, 3.8) is 0 Å².